The molecule has 0 saturated carbocycles. The summed E-state index contributed by atoms with van der Waals surface area (Å²) in [6.45, 7) is 0. The van der Waals surface area contributed by atoms with Crippen molar-refractivity contribution < 1.29 is 22.4 Å². The fourth-order valence-electron chi connectivity index (χ4n) is 2.53. The van der Waals surface area contributed by atoms with Gasteiger partial charge in [0.25, 0.3) is 0 Å². The molecular formula is C17H13F4N3O. The van der Waals surface area contributed by atoms with Crippen molar-refractivity contribution in [3.05, 3.63) is 71.3 Å². The van der Waals surface area contributed by atoms with Crippen molar-refractivity contribution in [3.8, 4) is 0 Å². The van der Waals surface area contributed by atoms with E-state index in [0.29, 0.717) is 11.4 Å². The third-order valence-corrected chi connectivity index (χ3v) is 3.73. The Labute approximate surface area is 140 Å². The Morgan fingerprint density at radius 3 is 2.76 bits per heavy atom. The number of nitrogens with one attached hydrogen (secondary N) is 2. The number of fused-ring (bicyclic) bond motifs is 1. The van der Waals surface area contributed by atoms with E-state index in [1.165, 1.54) is 12.3 Å². The van der Waals surface area contributed by atoms with Gasteiger partial charge in [-0.2, -0.15) is 13.2 Å². The highest BCUT2D eigenvalue weighted by molar-refractivity contribution is 5.95. The predicted octanol–water partition coefficient (Wildman–Crippen LogP) is 3.49. The van der Waals surface area contributed by atoms with Crippen molar-refractivity contribution in [2.75, 3.05) is 5.32 Å². The normalized spacial score (nSPS) is 14.8. The minimum atomic E-state index is -4.76. The van der Waals surface area contributed by atoms with E-state index in [2.05, 4.69) is 10.3 Å². The predicted molar refractivity (Wildman–Crippen MR) is 83.0 cm³/mol. The minimum Gasteiger partial charge on any atom is -0.346 e. The first kappa shape index (κ1) is 16.9. The highest BCUT2D eigenvalue weighted by Gasteiger charge is 2.42. The third kappa shape index (κ3) is 3.78. The molecule has 1 aliphatic heterocycles. The number of benzene rings is 1. The molecule has 3 rings (SSSR count). The maximum Gasteiger partial charge on any atom is 0.412 e. The van der Waals surface area contributed by atoms with E-state index < -0.39 is 23.9 Å². The van der Waals surface area contributed by atoms with Crippen LogP contribution < -0.4 is 10.6 Å². The van der Waals surface area contributed by atoms with E-state index in [-0.39, 0.29) is 17.6 Å². The molecule has 2 N–H and O–H groups in total. The lowest BCUT2D eigenvalue weighted by molar-refractivity contribution is -0.162. The maximum atomic E-state index is 13.3. The number of rotatable bonds is 3. The van der Waals surface area contributed by atoms with Crippen molar-refractivity contribution in [3.63, 3.8) is 0 Å². The first-order valence-corrected chi connectivity index (χ1v) is 7.37. The highest BCUT2D eigenvalue weighted by atomic mass is 19.4. The van der Waals surface area contributed by atoms with Crippen LogP contribution in [0.15, 0.2) is 54.4 Å². The molecule has 1 unspecified atom stereocenters. The summed E-state index contributed by atoms with van der Waals surface area (Å²) in [6.07, 6.45) is -1.72. The standard InChI is InChI=1S/C17H13F4N3O/c18-13-5-1-3-10(8-13)14(17(19,20)21)24-16(25)12-7-11-4-2-6-22-15(11)23-9-12/h1-6,8-9,14H,7H2,(H,22,23)(H,24,25). The molecule has 1 atom stereocenters. The van der Waals surface area contributed by atoms with Gasteiger partial charge in [-0.15, -0.1) is 0 Å². The van der Waals surface area contributed by atoms with Crippen molar-refractivity contribution in [2.45, 2.75) is 18.6 Å². The molecule has 2 heterocycles. The molecular weight excluding hydrogens is 338 g/mol. The Balaban J connectivity index is 1.81. The lowest BCUT2D eigenvalue weighted by Gasteiger charge is -2.24. The van der Waals surface area contributed by atoms with Crippen LogP contribution in [-0.4, -0.2) is 17.1 Å². The number of amides is 1. The first-order valence-electron chi connectivity index (χ1n) is 7.37. The Morgan fingerprint density at radius 1 is 1.24 bits per heavy atom. The van der Waals surface area contributed by atoms with Crippen molar-refractivity contribution in [1.82, 2.24) is 10.3 Å². The minimum absolute atomic E-state index is 0.131. The molecule has 2 aromatic rings. The van der Waals surface area contributed by atoms with Gasteiger partial charge in [-0.25, -0.2) is 9.37 Å². The van der Waals surface area contributed by atoms with E-state index in [9.17, 15) is 22.4 Å². The van der Waals surface area contributed by atoms with Crippen LogP contribution in [-0.2, 0) is 11.2 Å². The van der Waals surface area contributed by atoms with Gasteiger partial charge in [-0.1, -0.05) is 18.2 Å². The Morgan fingerprint density at radius 2 is 2.04 bits per heavy atom. The monoisotopic (exact) mass is 351 g/mol. The number of aromatic nitrogens is 1. The zero-order chi connectivity index (χ0) is 18.0. The average Bonchev–Trinajstić information content (AvgIpc) is 2.58. The zero-order valence-electron chi connectivity index (χ0n) is 12.8. The number of carbonyl (C=O) groups excluding carboxylic acids is 1. The summed E-state index contributed by atoms with van der Waals surface area (Å²) in [5.74, 6) is -1.13. The molecule has 8 heteroatoms. The van der Waals surface area contributed by atoms with Gasteiger partial charge in [0.1, 0.15) is 11.6 Å². The first-order chi connectivity index (χ1) is 11.8. The van der Waals surface area contributed by atoms with E-state index in [4.69, 9.17) is 0 Å². The largest absolute Gasteiger partial charge is 0.412 e. The zero-order valence-corrected chi connectivity index (χ0v) is 12.8. The van der Waals surface area contributed by atoms with Crippen LogP contribution in [0.5, 0.6) is 0 Å². The van der Waals surface area contributed by atoms with Crippen LogP contribution in [0.4, 0.5) is 23.4 Å². The number of carbonyl (C=O) groups is 1. The molecule has 25 heavy (non-hydrogen) atoms. The Hall–Kier alpha value is -2.90. The molecule has 1 aromatic heterocycles. The van der Waals surface area contributed by atoms with E-state index in [1.54, 1.807) is 18.3 Å². The van der Waals surface area contributed by atoms with Gasteiger partial charge >= 0.3 is 6.18 Å². The van der Waals surface area contributed by atoms with Crippen LogP contribution in [0.2, 0.25) is 0 Å². The summed E-state index contributed by atoms with van der Waals surface area (Å²) in [4.78, 5) is 16.4. The number of nitrogens with zero attached hydrogens (tertiary/aromatic N) is 1. The van der Waals surface area contributed by atoms with Gasteiger partial charge in [0.05, 0.1) is 0 Å². The second-order valence-corrected chi connectivity index (χ2v) is 5.50. The van der Waals surface area contributed by atoms with Crippen LogP contribution in [0.1, 0.15) is 17.2 Å². The molecule has 0 aliphatic carbocycles. The molecule has 0 bridgehead atoms. The van der Waals surface area contributed by atoms with E-state index >= 15 is 0 Å². The van der Waals surface area contributed by atoms with Crippen LogP contribution in [0.3, 0.4) is 0 Å². The Bertz CT molecular complexity index is 833. The van der Waals surface area contributed by atoms with E-state index in [1.807, 2.05) is 5.32 Å². The van der Waals surface area contributed by atoms with Crippen LogP contribution >= 0.6 is 0 Å². The number of halogens is 4. The molecule has 4 nitrogen and oxygen atoms in total. The smallest absolute Gasteiger partial charge is 0.346 e. The molecule has 130 valence electrons. The number of hydrogen-bond acceptors (Lipinski definition) is 3. The summed E-state index contributed by atoms with van der Waals surface area (Å²) in [6, 6.07) is 5.18. The lowest BCUT2D eigenvalue weighted by Crippen LogP contribution is -2.39. The van der Waals surface area contributed by atoms with Crippen LogP contribution in [0, 0.1) is 5.82 Å². The molecule has 1 amide bonds. The Kier molecular flexibility index (Phi) is 4.43. The summed E-state index contributed by atoms with van der Waals surface area (Å²) >= 11 is 0. The molecule has 0 fully saturated rings. The molecule has 0 saturated heterocycles. The van der Waals surface area contributed by atoms with Gasteiger partial charge in [-0.3, -0.25) is 4.79 Å². The second kappa shape index (κ2) is 6.54. The van der Waals surface area contributed by atoms with Gasteiger partial charge in [0.2, 0.25) is 5.91 Å². The number of pyridine rings is 1. The number of hydrogen-bond donors (Lipinski definition) is 2. The fourth-order valence-corrected chi connectivity index (χ4v) is 2.53. The number of anilines is 1. The molecule has 0 radical (unpaired) electrons. The summed E-state index contributed by atoms with van der Waals surface area (Å²) in [5.41, 5.74) is 0.461. The second-order valence-electron chi connectivity index (χ2n) is 5.50. The highest BCUT2D eigenvalue weighted by Crippen LogP contribution is 2.33. The molecule has 1 aromatic carbocycles. The van der Waals surface area contributed by atoms with Gasteiger partial charge in [0, 0.05) is 24.4 Å². The average molecular weight is 351 g/mol. The molecule has 1 aliphatic rings. The SMILES string of the molecule is O=C(NC(c1cccc(F)c1)C(F)(F)F)C1=CNc2ncccc2C1. The fraction of sp³-hybridized carbons (Fsp3) is 0.176. The van der Waals surface area contributed by atoms with Crippen LogP contribution in [0.25, 0.3) is 0 Å². The van der Waals surface area contributed by atoms with Gasteiger partial charge in [-0.05, 0) is 29.3 Å². The van der Waals surface area contributed by atoms with Gasteiger partial charge < -0.3 is 10.6 Å². The van der Waals surface area contributed by atoms with Crippen molar-refractivity contribution >= 4 is 11.7 Å². The molecule has 0 spiro atoms. The maximum absolute atomic E-state index is 13.3. The summed E-state index contributed by atoms with van der Waals surface area (Å²) in [5, 5.41) is 4.72. The van der Waals surface area contributed by atoms with Crippen molar-refractivity contribution in [2.24, 2.45) is 0 Å². The quantitative estimate of drug-likeness (QED) is 0.833. The topological polar surface area (TPSA) is 54.0 Å². The van der Waals surface area contributed by atoms with Crippen molar-refractivity contribution in [1.29, 1.82) is 0 Å². The van der Waals surface area contributed by atoms with Gasteiger partial charge in [0.15, 0.2) is 6.04 Å². The van der Waals surface area contributed by atoms with E-state index in [0.717, 1.165) is 18.2 Å². The number of alkyl halides is 3. The summed E-state index contributed by atoms with van der Waals surface area (Å²) < 4.78 is 53.2. The summed E-state index contributed by atoms with van der Waals surface area (Å²) in [7, 11) is 0. The third-order valence-electron chi connectivity index (χ3n) is 3.73. The lowest BCUT2D eigenvalue weighted by atomic mass is 10.0.